The number of likely N-dealkylation sites (N-methyl/N-ethyl adjacent to an activating group) is 1. The number of fused-ring (bicyclic) bond motifs is 2. The molecule has 1 aliphatic carbocycles. The Morgan fingerprint density at radius 2 is 1.68 bits per heavy atom. The molecule has 0 saturated heterocycles. The minimum absolute atomic E-state index is 0.0983. The molecule has 0 bridgehead atoms. The van der Waals surface area contributed by atoms with Crippen molar-refractivity contribution in [2.75, 3.05) is 47.4 Å². The molecule has 7 nitrogen and oxygen atoms in total. The normalized spacial score (nSPS) is 17.2. The van der Waals surface area contributed by atoms with Crippen molar-refractivity contribution < 1.29 is 24.5 Å². The number of carbonyl (C=O) groups excluding carboxylic acids is 1. The fraction of sp³-hybridized carbons (Fsp3) is 0.519. The van der Waals surface area contributed by atoms with Gasteiger partial charge in [-0.05, 0) is 78.4 Å². The Hall–Kier alpha value is -2.61. The van der Waals surface area contributed by atoms with Gasteiger partial charge in [-0.3, -0.25) is 4.79 Å². The van der Waals surface area contributed by atoms with Gasteiger partial charge in [0.05, 0.1) is 33.9 Å². The molecule has 1 heterocycles. The van der Waals surface area contributed by atoms with Gasteiger partial charge in [0.2, 0.25) is 5.91 Å². The summed E-state index contributed by atoms with van der Waals surface area (Å²) in [6.07, 6.45) is 3.11. The van der Waals surface area contributed by atoms with Crippen LogP contribution in [0.2, 0.25) is 0 Å². The van der Waals surface area contributed by atoms with E-state index in [2.05, 4.69) is 24.1 Å². The lowest BCUT2D eigenvalue weighted by Crippen LogP contribution is -2.36. The first-order valence-corrected chi connectivity index (χ1v) is 12.0. The minimum atomic E-state index is -0.126. The lowest BCUT2D eigenvalue weighted by atomic mass is 9.77. The number of methoxy groups -OCH3 is 2. The molecule has 0 radical (unpaired) electrons. The summed E-state index contributed by atoms with van der Waals surface area (Å²) in [5, 5.41) is 19.1. The van der Waals surface area contributed by atoms with Crippen molar-refractivity contribution in [3.8, 4) is 11.5 Å². The maximum atomic E-state index is 12.9. The molecule has 34 heavy (non-hydrogen) atoms. The molecule has 0 spiro atoms. The second kappa shape index (κ2) is 10.8. The maximum absolute atomic E-state index is 12.9. The van der Waals surface area contributed by atoms with Gasteiger partial charge in [0.25, 0.3) is 0 Å². The van der Waals surface area contributed by atoms with E-state index in [0.717, 1.165) is 67.1 Å². The summed E-state index contributed by atoms with van der Waals surface area (Å²) >= 11 is 0. The summed E-state index contributed by atoms with van der Waals surface area (Å²) in [5.41, 5.74) is 6.20. The molecule has 1 aliphatic heterocycles. The zero-order valence-corrected chi connectivity index (χ0v) is 20.5. The molecule has 2 aromatic rings. The van der Waals surface area contributed by atoms with Crippen molar-refractivity contribution in [2.45, 2.75) is 44.8 Å². The van der Waals surface area contributed by atoms with Crippen molar-refractivity contribution in [3.63, 3.8) is 0 Å². The molecular weight excluding hydrogens is 432 g/mol. The monoisotopic (exact) mass is 468 g/mol. The molecule has 184 valence electrons. The van der Waals surface area contributed by atoms with E-state index in [0.29, 0.717) is 24.4 Å². The summed E-state index contributed by atoms with van der Waals surface area (Å²) in [6.45, 7) is 3.12. The number of nitrogens with zero attached hydrogens (tertiary/aromatic N) is 2. The Kier molecular flexibility index (Phi) is 7.76. The minimum Gasteiger partial charge on any atom is -0.493 e. The number of hydrogen-bond donors (Lipinski definition) is 2. The van der Waals surface area contributed by atoms with Gasteiger partial charge in [-0.1, -0.05) is 12.1 Å². The first-order chi connectivity index (χ1) is 16.5. The van der Waals surface area contributed by atoms with E-state index in [1.807, 2.05) is 17.0 Å². The van der Waals surface area contributed by atoms with Crippen molar-refractivity contribution in [2.24, 2.45) is 0 Å². The quantitative estimate of drug-likeness (QED) is 0.557. The topological polar surface area (TPSA) is 82.5 Å². The molecule has 2 N–H and O–H groups in total. The van der Waals surface area contributed by atoms with Crippen LogP contribution in [0, 0.1) is 0 Å². The third kappa shape index (κ3) is 5.06. The Balaban J connectivity index is 1.28. The Morgan fingerprint density at radius 3 is 2.35 bits per heavy atom. The number of ether oxygens (including phenoxy) is 2. The largest absolute Gasteiger partial charge is 0.493 e. The van der Waals surface area contributed by atoms with Crippen LogP contribution in [0.1, 0.15) is 45.7 Å². The lowest BCUT2D eigenvalue weighted by Gasteiger charge is -2.34. The van der Waals surface area contributed by atoms with Crippen LogP contribution in [0.25, 0.3) is 0 Å². The highest BCUT2D eigenvalue weighted by atomic mass is 16.5. The maximum Gasteiger partial charge on any atom is 0.227 e. The van der Waals surface area contributed by atoms with E-state index in [9.17, 15) is 15.0 Å². The highest BCUT2D eigenvalue weighted by molar-refractivity contribution is 5.80. The summed E-state index contributed by atoms with van der Waals surface area (Å²) in [5.74, 6) is 2.20. The van der Waals surface area contributed by atoms with Crippen LogP contribution in [-0.2, 0) is 37.3 Å². The van der Waals surface area contributed by atoms with Crippen LogP contribution in [0.3, 0.4) is 0 Å². The third-order valence-electron chi connectivity index (χ3n) is 7.26. The van der Waals surface area contributed by atoms with Crippen molar-refractivity contribution in [1.29, 1.82) is 0 Å². The summed E-state index contributed by atoms with van der Waals surface area (Å²) < 4.78 is 10.9. The Morgan fingerprint density at radius 1 is 1.00 bits per heavy atom. The summed E-state index contributed by atoms with van der Waals surface area (Å²) in [7, 11) is 5.48. The second-order valence-corrected chi connectivity index (χ2v) is 9.44. The van der Waals surface area contributed by atoms with Gasteiger partial charge in [-0.2, -0.15) is 0 Å². The van der Waals surface area contributed by atoms with E-state index < -0.39 is 0 Å². The smallest absolute Gasteiger partial charge is 0.227 e. The highest BCUT2D eigenvalue weighted by Gasteiger charge is 2.29. The molecule has 7 heteroatoms. The summed E-state index contributed by atoms with van der Waals surface area (Å²) in [4.78, 5) is 17.2. The van der Waals surface area contributed by atoms with E-state index >= 15 is 0 Å². The molecule has 1 amide bonds. The zero-order valence-electron chi connectivity index (χ0n) is 20.5. The molecule has 1 unspecified atom stereocenters. The predicted octanol–water partition coefficient (Wildman–Crippen LogP) is 2.28. The van der Waals surface area contributed by atoms with Gasteiger partial charge in [-0.15, -0.1) is 0 Å². The number of amides is 1. The van der Waals surface area contributed by atoms with Gasteiger partial charge in [-0.25, -0.2) is 0 Å². The Bertz CT molecular complexity index is 1040. The van der Waals surface area contributed by atoms with Crippen molar-refractivity contribution in [1.82, 2.24) is 9.80 Å². The molecule has 4 rings (SSSR count). The predicted molar refractivity (Wildman–Crippen MR) is 130 cm³/mol. The molecule has 2 aromatic carbocycles. The first-order valence-electron chi connectivity index (χ1n) is 12.0. The van der Waals surface area contributed by atoms with Crippen molar-refractivity contribution >= 4 is 5.91 Å². The third-order valence-corrected chi connectivity index (χ3v) is 7.26. The van der Waals surface area contributed by atoms with Crippen LogP contribution in [0.4, 0.5) is 0 Å². The van der Waals surface area contributed by atoms with Crippen LogP contribution in [0.5, 0.6) is 11.5 Å². The number of carbonyl (C=O) groups is 1. The van der Waals surface area contributed by atoms with Gasteiger partial charge >= 0.3 is 0 Å². The number of hydrogen-bond acceptors (Lipinski definition) is 6. The lowest BCUT2D eigenvalue weighted by molar-refractivity contribution is -0.130. The molecular formula is C27H36N2O5. The van der Waals surface area contributed by atoms with E-state index in [1.54, 1.807) is 14.2 Å². The van der Waals surface area contributed by atoms with Crippen molar-refractivity contribution in [3.05, 3.63) is 57.6 Å². The van der Waals surface area contributed by atoms with Gasteiger partial charge < -0.3 is 29.5 Å². The average Bonchev–Trinajstić information content (AvgIpc) is 2.98. The van der Waals surface area contributed by atoms with Gasteiger partial charge in [0.1, 0.15) is 0 Å². The number of aliphatic hydroxyl groups excluding tert-OH is 2. The molecule has 2 aliphatic rings. The number of benzene rings is 2. The van der Waals surface area contributed by atoms with Crippen LogP contribution in [-0.4, -0.2) is 73.4 Å². The molecule has 0 saturated carbocycles. The fourth-order valence-corrected chi connectivity index (χ4v) is 5.27. The number of aliphatic hydroxyl groups is 2. The van der Waals surface area contributed by atoms with Gasteiger partial charge in [0, 0.05) is 25.6 Å². The zero-order chi connectivity index (χ0) is 24.2. The molecule has 0 aromatic heterocycles. The standard InChI is InChI=1S/C27H36N2O5/c1-28(15-21-11-20-12-25(33-2)26(34-3)14-24(20)21)6-4-7-29-8-5-18-9-22(16-30)23(17-31)10-19(18)13-27(29)32/h9-10,12,14,21,30-31H,4-8,11,13,15-17H2,1-3H3. The SMILES string of the molecule is COc1cc2c(cc1OC)C(CN(C)CCCN1CCc3cc(CO)c(CO)cc3CC1=O)C2. The second-order valence-electron chi connectivity index (χ2n) is 9.44. The summed E-state index contributed by atoms with van der Waals surface area (Å²) in [6, 6.07) is 8.03. The number of rotatable bonds is 10. The average molecular weight is 469 g/mol. The molecule has 1 atom stereocenters. The van der Waals surface area contributed by atoms with Crippen LogP contribution in [0.15, 0.2) is 24.3 Å². The molecule has 0 fully saturated rings. The van der Waals surface area contributed by atoms with E-state index in [1.165, 1.54) is 11.1 Å². The first kappa shape index (κ1) is 24.5. The van der Waals surface area contributed by atoms with Crippen LogP contribution >= 0.6 is 0 Å². The van der Waals surface area contributed by atoms with Gasteiger partial charge in [0.15, 0.2) is 11.5 Å². The van der Waals surface area contributed by atoms with Crippen LogP contribution < -0.4 is 9.47 Å². The highest BCUT2D eigenvalue weighted by Crippen LogP contribution is 2.42. The fourth-order valence-electron chi connectivity index (χ4n) is 5.27. The van der Waals surface area contributed by atoms with E-state index in [4.69, 9.17) is 9.47 Å². The Labute approximate surface area is 201 Å². The van der Waals surface area contributed by atoms with E-state index in [-0.39, 0.29) is 19.1 Å².